The van der Waals surface area contributed by atoms with Crippen LogP contribution in [0.15, 0.2) is 67.0 Å². The highest BCUT2D eigenvalue weighted by Gasteiger charge is 2.19. The van der Waals surface area contributed by atoms with Gasteiger partial charge in [-0.3, -0.25) is 9.88 Å². The molecule has 2 aromatic carbocycles. The Morgan fingerprint density at radius 3 is 2.04 bits per heavy atom. The topological polar surface area (TPSA) is 16.1 Å². The van der Waals surface area contributed by atoms with Crippen molar-refractivity contribution in [2.45, 2.75) is 25.8 Å². The van der Waals surface area contributed by atoms with Gasteiger partial charge in [0, 0.05) is 24.0 Å². The third-order valence-electron chi connectivity index (χ3n) is 5.38. The van der Waals surface area contributed by atoms with Gasteiger partial charge < -0.3 is 0 Å². The highest BCUT2D eigenvalue weighted by molar-refractivity contribution is 6.33. The fourth-order valence-electron chi connectivity index (χ4n) is 3.75. The van der Waals surface area contributed by atoms with Crippen LogP contribution < -0.4 is 0 Å². The molecule has 2 heterocycles. The van der Waals surface area contributed by atoms with Crippen LogP contribution in [0.2, 0.25) is 5.02 Å². The number of benzene rings is 2. The van der Waals surface area contributed by atoms with Crippen molar-refractivity contribution in [3.8, 4) is 22.3 Å². The third kappa shape index (κ3) is 3.53. The van der Waals surface area contributed by atoms with Crippen LogP contribution in [0.5, 0.6) is 0 Å². The summed E-state index contributed by atoms with van der Waals surface area (Å²) in [5.74, 6) is 0. The molecule has 3 heteroatoms. The van der Waals surface area contributed by atoms with E-state index in [1.165, 1.54) is 42.6 Å². The summed E-state index contributed by atoms with van der Waals surface area (Å²) in [5, 5.41) is 0.681. The van der Waals surface area contributed by atoms with Crippen molar-refractivity contribution in [2.75, 3.05) is 13.1 Å². The van der Waals surface area contributed by atoms with E-state index in [0.717, 1.165) is 11.1 Å². The zero-order chi connectivity index (χ0) is 17.9. The number of pyridine rings is 1. The van der Waals surface area contributed by atoms with Crippen LogP contribution >= 0.6 is 11.6 Å². The van der Waals surface area contributed by atoms with Gasteiger partial charge in [-0.1, -0.05) is 60.1 Å². The van der Waals surface area contributed by atoms with Crippen LogP contribution in [0.3, 0.4) is 0 Å². The Morgan fingerprint density at radius 1 is 0.846 bits per heavy atom. The minimum atomic E-state index is 0.503. The summed E-state index contributed by atoms with van der Waals surface area (Å²) in [7, 11) is 0. The zero-order valence-electron chi connectivity index (χ0n) is 15.0. The summed E-state index contributed by atoms with van der Waals surface area (Å²) in [5.41, 5.74) is 5.99. The fraction of sp³-hybridized carbons (Fsp3) is 0.261. The third-order valence-corrected chi connectivity index (χ3v) is 5.68. The summed E-state index contributed by atoms with van der Waals surface area (Å²) >= 11 is 6.25. The molecule has 0 spiro atoms. The number of likely N-dealkylation sites (tertiary alicyclic amines) is 1. The Labute approximate surface area is 160 Å². The van der Waals surface area contributed by atoms with Crippen LogP contribution in [-0.2, 0) is 0 Å². The first kappa shape index (κ1) is 17.3. The van der Waals surface area contributed by atoms with Crippen LogP contribution in [0.4, 0.5) is 0 Å². The number of rotatable bonds is 4. The number of nitrogens with zero attached hydrogens (tertiary/aromatic N) is 2. The fourth-order valence-corrected chi connectivity index (χ4v) is 3.97. The first-order valence-electron chi connectivity index (χ1n) is 9.27. The lowest BCUT2D eigenvalue weighted by atomic mass is 9.98. The van der Waals surface area contributed by atoms with Gasteiger partial charge in [-0.15, -0.1) is 0 Å². The number of halogens is 1. The average molecular weight is 363 g/mol. The highest BCUT2D eigenvalue weighted by atomic mass is 35.5. The lowest BCUT2D eigenvalue weighted by molar-refractivity contribution is 0.263. The van der Waals surface area contributed by atoms with Gasteiger partial charge in [0.1, 0.15) is 0 Å². The van der Waals surface area contributed by atoms with Crippen LogP contribution in [0.25, 0.3) is 22.3 Å². The Hall–Kier alpha value is -2.16. The summed E-state index contributed by atoms with van der Waals surface area (Å²) < 4.78 is 0. The summed E-state index contributed by atoms with van der Waals surface area (Å²) in [6.07, 6.45) is 6.12. The maximum absolute atomic E-state index is 6.25. The molecule has 0 bridgehead atoms. The molecule has 132 valence electrons. The normalized spacial score (nSPS) is 15.9. The van der Waals surface area contributed by atoms with E-state index in [4.69, 9.17) is 11.6 Å². The van der Waals surface area contributed by atoms with E-state index in [1.54, 1.807) is 12.4 Å². The molecule has 1 aliphatic heterocycles. The molecule has 0 amide bonds. The molecule has 2 nitrogen and oxygen atoms in total. The minimum absolute atomic E-state index is 0.503. The molecule has 0 N–H and O–H groups in total. The first-order valence-corrected chi connectivity index (χ1v) is 9.64. The molecule has 1 aliphatic rings. The van der Waals surface area contributed by atoms with E-state index in [9.17, 15) is 0 Å². The van der Waals surface area contributed by atoms with Gasteiger partial charge in [0.15, 0.2) is 0 Å². The number of aromatic nitrogens is 1. The number of hydrogen-bond acceptors (Lipinski definition) is 2. The smallest absolute Gasteiger partial charge is 0.0667 e. The predicted molar refractivity (Wildman–Crippen MR) is 109 cm³/mol. The van der Waals surface area contributed by atoms with E-state index in [1.807, 2.05) is 6.07 Å². The molecule has 4 rings (SSSR count). The zero-order valence-corrected chi connectivity index (χ0v) is 15.8. The van der Waals surface area contributed by atoms with Crippen molar-refractivity contribution in [3.63, 3.8) is 0 Å². The van der Waals surface area contributed by atoms with Crippen molar-refractivity contribution in [3.05, 3.63) is 77.6 Å². The van der Waals surface area contributed by atoms with Crippen molar-refractivity contribution in [2.24, 2.45) is 0 Å². The predicted octanol–water partition coefficient (Wildman–Crippen LogP) is 6.23. The van der Waals surface area contributed by atoms with Crippen molar-refractivity contribution >= 4 is 11.6 Å². The van der Waals surface area contributed by atoms with Gasteiger partial charge in [-0.2, -0.15) is 0 Å². The van der Waals surface area contributed by atoms with E-state index in [-0.39, 0.29) is 0 Å². The maximum Gasteiger partial charge on any atom is 0.0667 e. The van der Waals surface area contributed by atoms with Crippen LogP contribution in [-0.4, -0.2) is 23.0 Å². The monoisotopic (exact) mass is 362 g/mol. The molecule has 3 aromatic rings. The van der Waals surface area contributed by atoms with E-state index in [0.29, 0.717) is 11.1 Å². The van der Waals surface area contributed by atoms with E-state index >= 15 is 0 Å². The lowest BCUT2D eigenvalue weighted by Gasteiger charge is -2.24. The van der Waals surface area contributed by atoms with Gasteiger partial charge >= 0.3 is 0 Å². The molecular weight excluding hydrogens is 340 g/mol. The van der Waals surface area contributed by atoms with Crippen molar-refractivity contribution in [1.82, 2.24) is 9.88 Å². The van der Waals surface area contributed by atoms with Crippen molar-refractivity contribution < 1.29 is 0 Å². The standard InChI is InChI=1S/C23H23ClN2/c1-17(26-14-2-3-15-26)18-4-6-19(7-5-18)20-8-10-21(11-9-20)22-12-13-25-16-23(22)24/h4-13,16-17H,2-3,14-15H2,1H3. The molecule has 0 saturated carbocycles. The van der Waals surface area contributed by atoms with E-state index in [2.05, 4.69) is 65.3 Å². The molecular formula is C23H23ClN2. The van der Waals surface area contributed by atoms with Crippen molar-refractivity contribution in [1.29, 1.82) is 0 Å². The summed E-state index contributed by atoms with van der Waals surface area (Å²) in [6.45, 7) is 4.76. The average Bonchev–Trinajstić information content (AvgIpc) is 3.23. The molecule has 1 saturated heterocycles. The largest absolute Gasteiger partial charge is 0.297 e. The van der Waals surface area contributed by atoms with Gasteiger partial charge in [0.25, 0.3) is 0 Å². The first-order chi connectivity index (χ1) is 12.7. The van der Waals surface area contributed by atoms with Gasteiger partial charge in [0.05, 0.1) is 5.02 Å². The van der Waals surface area contributed by atoms with Crippen LogP contribution in [0.1, 0.15) is 31.4 Å². The quantitative estimate of drug-likeness (QED) is 0.547. The molecule has 26 heavy (non-hydrogen) atoms. The molecule has 0 aliphatic carbocycles. The molecule has 1 unspecified atom stereocenters. The Bertz CT molecular complexity index is 865. The van der Waals surface area contributed by atoms with E-state index < -0.39 is 0 Å². The SMILES string of the molecule is CC(c1ccc(-c2ccc(-c3ccncc3Cl)cc2)cc1)N1CCCC1. The summed E-state index contributed by atoms with van der Waals surface area (Å²) in [6, 6.07) is 20.0. The van der Waals surface area contributed by atoms with Gasteiger partial charge in [0.2, 0.25) is 0 Å². The second kappa shape index (κ2) is 7.61. The molecule has 1 atom stereocenters. The lowest BCUT2D eigenvalue weighted by Crippen LogP contribution is -2.23. The Morgan fingerprint density at radius 2 is 1.42 bits per heavy atom. The Balaban J connectivity index is 1.53. The maximum atomic E-state index is 6.25. The van der Waals surface area contributed by atoms with Gasteiger partial charge in [-0.25, -0.2) is 0 Å². The summed E-state index contributed by atoms with van der Waals surface area (Å²) in [4.78, 5) is 6.62. The Kier molecular flexibility index (Phi) is 5.05. The second-order valence-electron chi connectivity index (χ2n) is 6.97. The number of hydrogen-bond donors (Lipinski definition) is 0. The van der Waals surface area contributed by atoms with Crippen LogP contribution in [0, 0.1) is 0 Å². The van der Waals surface area contributed by atoms with Gasteiger partial charge in [-0.05, 0) is 61.2 Å². The second-order valence-corrected chi connectivity index (χ2v) is 7.38. The molecule has 1 aromatic heterocycles. The molecule has 0 radical (unpaired) electrons. The minimum Gasteiger partial charge on any atom is -0.297 e. The molecule has 1 fully saturated rings. The highest BCUT2D eigenvalue weighted by Crippen LogP contribution is 2.30.